The van der Waals surface area contributed by atoms with Crippen molar-refractivity contribution < 1.29 is 9.18 Å². The van der Waals surface area contributed by atoms with Crippen molar-refractivity contribution in [1.29, 1.82) is 0 Å². The van der Waals surface area contributed by atoms with Gasteiger partial charge in [0.1, 0.15) is 5.82 Å². The smallest absolute Gasteiger partial charge is 0.254 e. The van der Waals surface area contributed by atoms with E-state index in [-0.39, 0.29) is 17.1 Å². The minimum Gasteiger partial charge on any atom is -0.393 e. The Balaban J connectivity index is 2.63. The lowest BCUT2D eigenvalue weighted by Crippen LogP contribution is -2.28. The van der Waals surface area contributed by atoms with Crippen molar-refractivity contribution in [3.05, 3.63) is 34.6 Å². The monoisotopic (exact) mass is 260 g/mol. The summed E-state index contributed by atoms with van der Waals surface area (Å²) in [4.78, 5) is 11.8. The van der Waals surface area contributed by atoms with Crippen LogP contribution in [0.25, 0.3) is 0 Å². The van der Waals surface area contributed by atoms with Gasteiger partial charge in [-0.25, -0.2) is 4.39 Å². The Kier molecular flexibility index (Phi) is 4.64. The molecule has 0 fully saturated rings. The molecule has 1 aromatic carbocycles. The molecule has 3 N–H and O–H groups in total. The highest BCUT2D eigenvalue weighted by molar-refractivity contribution is 7.80. The number of amides is 1. The molecule has 0 aliphatic rings. The normalized spacial score (nSPS) is 9.88. The topological polar surface area (TPSA) is 55.1 Å². The Morgan fingerprint density at radius 1 is 1.56 bits per heavy atom. The number of nitrogens with two attached hydrogens (primary N) is 1. The Labute approximate surface area is 103 Å². The summed E-state index contributed by atoms with van der Waals surface area (Å²) >= 11 is 10.2. The molecule has 16 heavy (non-hydrogen) atoms. The summed E-state index contributed by atoms with van der Waals surface area (Å²) < 4.78 is 13.3. The Morgan fingerprint density at radius 3 is 2.81 bits per heavy atom. The third-order valence-electron chi connectivity index (χ3n) is 1.83. The summed E-state index contributed by atoms with van der Waals surface area (Å²) in [5, 5.41) is 2.75. The van der Waals surface area contributed by atoms with E-state index in [1.165, 1.54) is 12.1 Å². The van der Waals surface area contributed by atoms with E-state index in [1.807, 2.05) is 0 Å². The highest BCUT2D eigenvalue weighted by Gasteiger charge is 2.11. The van der Waals surface area contributed by atoms with Crippen LogP contribution in [-0.4, -0.2) is 17.4 Å². The van der Waals surface area contributed by atoms with Crippen molar-refractivity contribution >= 4 is 34.7 Å². The first kappa shape index (κ1) is 12.9. The molecule has 0 saturated carbocycles. The van der Waals surface area contributed by atoms with Crippen LogP contribution in [-0.2, 0) is 0 Å². The van der Waals surface area contributed by atoms with Crippen molar-refractivity contribution in [2.45, 2.75) is 6.42 Å². The second-order valence-corrected chi connectivity index (χ2v) is 4.06. The number of halogens is 2. The maximum Gasteiger partial charge on any atom is 0.254 e. The van der Waals surface area contributed by atoms with Crippen molar-refractivity contribution in [3.63, 3.8) is 0 Å². The molecule has 0 radical (unpaired) electrons. The van der Waals surface area contributed by atoms with E-state index in [4.69, 9.17) is 17.3 Å². The van der Waals surface area contributed by atoms with Gasteiger partial charge in [-0.05, 0) is 18.2 Å². The number of nitrogens with one attached hydrogen (secondary N) is 1. The van der Waals surface area contributed by atoms with Crippen LogP contribution in [0.3, 0.4) is 0 Å². The van der Waals surface area contributed by atoms with Crippen LogP contribution in [0.5, 0.6) is 0 Å². The van der Waals surface area contributed by atoms with Crippen LogP contribution >= 0.6 is 23.8 Å². The van der Waals surface area contributed by atoms with Gasteiger partial charge in [0.05, 0.1) is 10.6 Å². The highest BCUT2D eigenvalue weighted by atomic mass is 35.5. The minimum absolute atomic E-state index is 0.0488. The third kappa shape index (κ3) is 3.75. The van der Waals surface area contributed by atoms with Crippen LogP contribution in [0.15, 0.2) is 18.2 Å². The molecule has 3 nitrogen and oxygen atoms in total. The summed E-state index contributed by atoms with van der Waals surface area (Å²) in [6.45, 7) is 0.288. The quantitative estimate of drug-likeness (QED) is 0.813. The summed E-state index contributed by atoms with van der Waals surface area (Å²) in [5.74, 6) is -1.16. The van der Waals surface area contributed by atoms with Crippen molar-refractivity contribution in [3.8, 4) is 0 Å². The van der Waals surface area contributed by atoms with Crippen molar-refractivity contribution in [2.75, 3.05) is 6.54 Å². The molecule has 1 aromatic rings. The second kappa shape index (κ2) is 5.77. The number of thiocarbonyl (C=S) groups is 1. The molecular weight excluding hydrogens is 251 g/mol. The van der Waals surface area contributed by atoms with Gasteiger partial charge in [-0.15, -0.1) is 0 Å². The lowest BCUT2D eigenvalue weighted by molar-refractivity contribution is 0.0951. The van der Waals surface area contributed by atoms with Gasteiger partial charge in [0.2, 0.25) is 0 Å². The Bertz CT molecular complexity index is 425. The zero-order chi connectivity index (χ0) is 12.1. The molecule has 1 rings (SSSR count). The van der Waals surface area contributed by atoms with Crippen LogP contribution in [0.4, 0.5) is 4.39 Å². The third-order valence-corrected chi connectivity index (χ3v) is 2.27. The summed E-state index contributed by atoms with van der Waals surface area (Å²) in [7, 11) is 0. The molecule has 0 spiro atoms. The van der Waals surface area contributed by atoms with Gasteiger partial charge >= 0.3 is 0 Å². The maximum absolute atomic E-state index is 13.3. The molecule has 0 bridgehead atoms. The summed E-state index contributed by atoms with van der Waals surface area (Å²) in [6, 6.07) is 3.87. The molecule has 0 unspecified atom stereocenters. The minimum atomic E-state index is -0.652. The van der Waals surface area contributed by atoms with Gasteiger partial charge in [0.25, 0.3) is 5.91 Å². The zero-order valence-electron chi connectivity index (χ0n) is 8.30. The first-order valence-corrected chi connectivity index (χ1v) is 5.31. The average molecular weight is 261 g/mol. The molecular formula is C10H10ClFN2OS. The zero-order valence-corrected chi connectivity index (χ0v) is 9.87. The van der Waals surface area contributed by atoms with E-state index in [9.17, 15) is 9.18 Å². The summed E-state index contributed by atoms with van der Waals surface area (Å²) in [5.41, 5.74) is 5.21. The van der Waals surface area contributed by atoms with Gasteiger partial charge < -0.3 is 11.1 Å². The largest absolute Gasteiger partial charge is 0.393 e. The Hall–Kier alpha value is -1.20. The first-order chi connectivity index (χ1) is 7.50. The van der Waals surface area contributed by atoms with Crippen LogP contribution < -0.4 is 11.1 Å². The van der Waals surface area contributed by atoms with E-state index in [2.05, 4.69) is 17.5 Å². The Morgan fingerprint density at radius 2 is 2.25 bits per heavy atom. The van der Waals surface area contributed by atoms with Crippen LogP contribution in [0.2, 0.25) is 5.02 Å². The second-order valence-electron chi connectivity index (χ2n) is 3.10. The first-order valence-electron chi connectivity index (χ1n) is 4.52. The van der Waals surface area contributed by atoms with E-state index >= 15 is 0 Å². The number of rotatable bonds is 4. The van der Waals surface area contributed by atoms with Gasteiger partial charge in [-0.2, -0.15) is 0 Å². The molecule has 0 heterocycles. The number of carbonyl (C=O) groups is 1. The molecule has 0 aliphatic carbocycles. The number of benzene rings is 1. The van der Waals surface area contributed by atoms with Crippen LogP contribution in [0, 0.1) is 5.82 Å². The number of hydrogen-bond donors (Lipinski definition) is 2. The van der Waals surface area contributed by atoms with Crippen molar-refractivity contribution in [2.24, 2.45) is 5.73 Å². The predicted octanol–water partition coefficient (Wildman–Crippen LogP) is 1.89. The fraction of sp³-hybridized carbons (Fsp3) is 0.200. The lowest BCUT2D eigenvalue weighted by Gasteiger charge is -2.05. The van der Waals surface area contributed by atoms with Crippen molar-refractivity contribution in [1.82, 2.24) is 5.32 Å². The standard InChI is InChI=1S/C10H10ClFN2OS/c11-6-1-2-7(8(12)5-6)10(15)14-4-3-9(13)16/h1-2,5H,3-4H2,(H2,13,16)(H,14,15). The fourth-order valence-corrected chi connectivity index (χ4v) is 1.33. The lowest BCUT2D eigenvalue weighted by atomic mass is 10.2. The summed E-state index contributed by atoms with van der Waals surface area (Å²) in [6.07, 6.45) is 0.385. The molecule has 0 aliphatic heterocycles. The van der Waals surface area contributed by atoms with Crippen LogP contribution in [0.1, 0.15) is 16.8 Å². The maximum atomic E-state index is 13.3. The van der Waals surface area contributed by atoms with Gasteiger partial charge in [0, 0.05) is 18.0 Å². The van der Waals surface area contributed by atoms with Gasteiger partial charge in [0.15, 0.2) is 0 Å². The molecule has 86 valence electrons. The van der Waals surface area contributed by atoms with Gasteiger partial charge in [-0.3, -0.25) is 4.79 Å². The molecule has 0 saturated heterocycles. The molecule has 1 amide bonds. The fourth-order valence-electron chi connectivity index (χ4n) is 1.07. The number of hydrogen-bond acceptors (Lipinski definition) is 2. The molecule has 0 atom stereocenters. The van der Waals surface area contributed by atoms with E-state index in [0.717, 1.165) is 6.07 Å². The van der Waals surface area contributed by atoms with E-state index in [1.54, 1.807) is 0 Å². The number of carbonyl (C=O) groups excluding carboxylic acids is 1. The SMILES string of the molecule is NC(=S)CCNC(=O)c1ccc(Cl)cc1F. The molecule has 6 heteroatoms. The van der Waals surface area contributed by atoms with E-state index in [0.29, 0.717) is 11.4 Å². The molecule has 0 aromatic heterocycles. The van der Waals surface area contributed by atoms with Gasteiger partial charge in [-0.1, -0.05) is 23.8 Å². The predicted molar refractivity (Wildman–Crippen MR) is 65.1 cm³/mol. The average Bonchev–Trinajstić information content (AvgIpc) is 2.16. The highest BCUT2D eigenvalue weighted by Crippen LogP contribution is 2.14. The van der Waals surface area contributed by atoms with E-state index < -0.39 is 11.7 Å².